The van der Waals surface area contributed by atoms with Gasteiger partial charge in [0.25, 0.3) is 5.56 Å². The number of likely N-dealkylation sites (tertiary alicyclic amines) is 1. The van der Waals surface area contributed by atoms with Gasteiger partial charge in [-0.1, -0.05) is 6.07 Å². The first-order valence-corrected chi connectivity index (χ1v) is 10.1. The predicted octanol–water partition coefficient (Wildman–Crippen LogP) is 2.70. The molecule has 2 aromatic rings. The average molecular weight is 424 g/mol. The lowest BCUT2D eigenvalue weighted by Gasteiger charge is -2.32. The Hall–Kier alpha value is -1.44. The molecule has 3 heterocycles. The quantitative estimate of drug-likeness (QED) is 0.776. The van der Waals surface area contributed by atoms with Gasteiger partial charge in [0.05, 0.1) is 0 Å². The molecule has 1 aliphatic heterocycles. The highest BCUT2D eigenvalue weighted by molar-refractivity contribution is 9.10. The van der Waals surface area contributed by atoms with Crippen LogP contribution in [-0.4, -0.2) is 35.0 Å². The minimum atomic E-state index is -0.168. The third-order valence-electron chi connectivity index (χ3n) is 4.41. The van der Waals surface area contributed by atoms with Gasteiger partial charge in [-0.15, -0.1) is 11.3 Å². The van der Waals surface area contributed by atoms with E-state index in [1.54, 1.807) is 23.6 Å². The first-order chi connectivity index (χ1) is 12.1. The van der Waals surface area contributed by atoms with E-state index in [0.717, 1.165) is 36.9 Å². The van der Waals surface area contributed by atoms with E-state index in [4.69, 9.17) is 0 Å². The fraction of sp³-hybridized carbons (Fsp3) is 0.444. The van der Waals surface area contributed by atoms with E-state index in [1.165, 1.54) is 15.5 Å². The van der Waals surface area contributed by atoms with Crippen molar-refractivity contribution in [1.29, 1.82) is 0 Å². The molecule has 0 radical (unpaired) electrons. The highest BCUT2D eigenvalue weighted by atomic mass is 79.9. The summed E-state index contributed by atoms with van der Waals surface area (Å²) in [6.07, 6.45) is 3.94. The van der Waals surface area contributed by atoms with Crippen LogP contribution < -0.4 is 10.9 Å². The molecule has 0 bridgehead atoms. The minimum absolute atomic E-state index is 0.0594. The van der Waals surface area contributed by atoms with E-state index in [0.29, 0.717) is 12.5 Å². The Bertz CT molecular complexity index is 760. The summed E-state index contributed by atoms with van der Waals surface area (Å²) in [5.41, 5.74) is -0.168. The van der Waals surface area contributed by atoms with Crippen LogP contribution in [0.5, 0.6) is 0 Å². The van der Waals surface area contributed by atoms with Crippen LogP contribution in [0.15, 0.2) is 45.1 Å². The molecule has 2 aromatic heterocycles. The number of nitrogens with zero attached hydrogens (tertiary/aromatic N) is 2. The lowest BCUT2D eigenvalue weighted by Crippen LogP contribution is -2.41. The first-order valence-electron chi connectivity index (χ1n) is 8.47. The molecule has 1 saturated heterocycles. The van der Waals surface area contributed by atoms with Gasteiger partial charge in [0.15, 0.2) is 0 Å². The number of hydrogen-bond donors (Lipinski definition) is 1. The Morgan fingerprint density at radius 3 is 3.04 bits per heavy atom. The second-order valence-electron chi connectivity index (χ2n) is 6.44. The zero-order chi connectivity index (χ0) is 17.6. The van der Waals surface area contributed by atoms with Crippen molar-refractivity contribution >= 4 is 33.2 Å². The van der Waals surface area contributed by atoms with Crippen molar-refractivity contribution in [3.8, 4) is 0 Å². The number of thiophene rings is 1. The van der Waals surface area contributed by atoms with Gasteiger partial charge in [-0.2, -0.15) is 0 Å². The summed E-state index contributed by atoms with van der Waals surface area (Å²) in [7, 11) is 0. The third kappa shape index (κ3) is 5.52. The third-order valence-corrected chi connectivity index (χ3v) is 5.74. The Kier molecular flexibility index (Phi) is 6.45. The van der Waals surface area contributed by atoms with Gasteiger partial charge in [-0.3, -0.25) is 14.5 Å². The molecule has 134 valence electrons. The molecular formula is C18H22BrN3O2S. The summed E-state index contributed by atoms with van der Waals surface area (Å²) in [5, 5.41) is 5.10. The number of carbonyl (C=O) groups excluding carboxylic acids is 1. The van der Waals surface area contributed by atoms with E-state index >= 15 is 0 Å². The molecule has 25 heavy (non-hydrogen) atoms. The second kappa shape index (κ2) is 8.78. The standard InChI is InChI=1S/C18H22BrN3O2S/c19-15-5-6-18(24)22(11-15)13-17(23)20-9-14-3-1-7-21(10-14)12-16-4-2-8-25-16/h2,4-6,8,11,14H,1,3,7,9-10,12-13H2,(H,20,23). The van der Waals surface area contributed by atoms with Gasteiger partial charge < -0.3 is 9.88 Å². The number of halogens is 1. The van der Waals surface area contributed by atoms with Gasteiger partial charge >= 0.3 is 0 Å². The smallest absolute Gasteiger partial charge is 0.251 e. The molecule has 0 spiro atoms. The summed E-state index contributed by atoms with van der Waals surface area (Å²) in [6, 6.07) is 7.40. The van der Waals surface area contributed by atoms with Crippen molar-refractivity contribution in [1.82, 2.24) is 14.8 Å². The maximum Gasteiger partial charge on any atom is 0.251 e. The Morgan fingerprint density at radius 2 is 2.24 bits per heavy atom. The number of nitrogens with one attached hydrogen (secondary N) is 1. The van der Waals surface area contributed by atoms with Gasteiger partial charge in [0, 0.05) is 41.2 Å². The zero-order valence-corrected chi connectivity index (χ0v) is 16.4. The fourth-order valence-corrected chi connectivity index (χ4v) is 4.30. The van der Waals surface area contributed by atoms with Crippen LogP contribution in [0, 0.1) is 5.92 Å². The van der Waals surface area contributed by atoms with Crippen LogP contribution in [0.1, 0.15) is 17.7 Å². The number of piperidine rings is 1. The van der Waals surface area contributed by atoms with E-state index in [2.05, 4.69) is 43.7 Å². The molecule has 1 aliphatic rings. The minimum Gasteiger partial charge on any atom is -0.354 e. The van der Waals surface area contributed by atoms with Gasteiger partial charge in [0.1, 0.15) is 6.54 Å². The molecular weight excluding hydrogens is 402 g/mol. The number of hydrogen-bond acceptors (Lipinski definition) is 4. The Morgan fingerprint density at radius 1 is 1.36 bits per heavy atom. The molecule has 0 aromatic carbocycles. The highest BCUT2D eigenvalue weighted by Gasteiger charge is 2.20. The maximum absolute atomic E-state index is 12.2. The largest absolute Gasteiger partial charge is 0.354 e. The monoisotopic (exact) mass is 423 g/mol. The second-order valence-corrected chi connectivity index (χ2v) is 8.39. The maximum atomic E-state index is 12.2. The SMILES string of the molecule is O=C(Cn1cc(Br)ccc1=O)NCC1CCCN(Cc2cccs2)C1. The summed E-state index contributed by atoms with van der Waals surface area (Å²) >= 11 is 5.11. The Balaban J connectivity index is 1.46. The zero-order valence-electron chi connectivity index (χ0n) is 14.0. The van der Waals surface area contributed by atoms with Crippen LogP contribution in [-0.2, 0) is 17.9 Å². The van der Waals surface area contributed by atoms with Crippen LogP contribution in [0.2, 0.25) is 0 Å². The molecule has 1 unspecified atom stereocenters. The molecule has 1 fully saturated rings. The molecule has 1 amide bonds. The van der Waals surface area contributed by atoms with Crippen LogP contribution in [0.25, 0.3) is 0 Å². The predicted molar refractivity (Wildman–Crippen MR) is 104 cm³/mol. The van der Waals surface area contributed by atoms with Crippen molar-refractivity contribution in [2.45, 2.75) is 25.9 Å². The van der Waals surface area contributed by atoms with Crippen molar-refractivity contribution in [2.75, 3.05) is 19.6 Å². The van der Waals surface area contributed by atoms with E-state index in [1.807, 2.05) is 0 Å². The normalized spacial score (nSPS) is 18.2. The average Bonchev–Trinajstić information content (AvgIpc) is 3.10. The summed E-state index contributed by atoms with van der Waals surface area (Å²) < 4.78 is 2.21. The number of amides is 1. The number of rotatable bonds is 6. The lowest BCUT2D eigenvalue weighted by atomic mass is 9.98. The Labute approximate surface area is 159 Å². The van der Waals surface area contributed by atoms with E-state index in [-0.39, 0.29) is 18.0 Å². The first kappa shape index (κ1) is 18.4. The van der Waals surface area contributed by atoms with Gasteiger partial charge in [0.2, 0.25) is 5.91 Å². The number of carbonyl (C=O) groups is 1. The number of pyridine rings is 1. The summed E-state index contributed by atoms with van der Waals surface area (Å²) in [4.78, 5) is 27.8. The summed E-state index contributed by atoms with van der Waals surface area (Å²) in [5.74, 6) is 0.354. The van der Waals surface area contributed by atoms with Crippen molar-refractivity contribution < 1.29 is 4.79 Å². The molecule has 1 atom stereocenters. The summed E-state index contributed by atoms with van der Waals surface area (Å²) in [6.45, 7) is 3.85. The van der Waals surface area contributed by atoms with Gasteiger partial charge in [-0.05, 0) is 58.7 Å². The van der Waals surface area contributed by atoms with Crippen molar-refractivity contribution in [3.63, 3.8) is 0 Å². The van der Waals surface area contributed by atoms with Crippen molar-refractivity contribution in [3.05, 3.63) is 55.5 Å². The molecule has 0 aliphatic carbocycles. The molecule has 1 N–H and O–H groups in total. The van der Waals surface area contributed by atoms with E-state index < -0.39 is 0 Å². The molecule has 7 heteroatoms. The highest BCUT2D eigenvalue weighted by Crippen LogP contribution is 2.19. The van der Waals surface area contributed by atoms with Crippen LogP contribution >= 0.6 is 27.3 Å². The topological polar surface area (TPSA) is 54.3 Å². The lowest BCUT2D eigenvalue weighted by molar-refractivity contribution is -0.122. The molecule has 5 nitrogen and oxygen atoms in total. The van der Waals surface area contributed by atoms with Gasteiger partial charge in [-0.25, -0.2) is 0 Å². The van der Waals surface area contributed by atoms with Crippen molar-refractivity contribution in [2.24, 2.45) is 5.92 Å². The van der Waals surface area contributed by atoms with Crippen LogP contribution in [0.3, 0.4) is 0 Å². The fourth-order valence-electron chi connectivity index (χ4n) is 3.18. The molecule has 3 rings (SSSR count). The molecule has 0 saturated carbocycles. The van der Waals surface area contributed by atoms with E-state index in [9.17, 15) is 9.59 Å². The van der Waals surface area contributed by atoms with Crippen LogP contribution in [0.4, 0.5) is 0 Å². The number of aromatic nitrogens is 1.